The highest BCUT2D eigenvalue weighted by Gasteiger charge is 2.24. The maximum absolute atomic E-state index is 12.6. The van der Waals surface area contributed by atoms with E-state index < -0.39 is 5.92 Å². The van der Waals surface area contributed by atoms with Gasteiger partial charge in [-0.2, -0.15) is 0 Å². The first kappa shape index (κ1) is 29.3. The molecule has 3 nitrogen and oxygen atoms in total. The Hall–Kier alpha value is -0.700. The molecule has 0 aliphatic rings. The van der Waals surface area contributed by atoms with Gasteiger partial charge in [-0.1, -0.05) is 117 Å². The number of Topliss-reactive ketones (excluding diaryl/α,β-unsaturated/α-hetero) is 2. The number of carbonyl (C=O) groups excluding carboxylic acids is 2. The number of ketones is 2. The number of hydrogen-bond acceptors (Lipinski definition) is 3. The molecular weight excluding hydrogens is 370 g/mol. The first-order chi connectivity index (χ1) is 14.7. The van der Waals surface area contributed by atoms with Gasteiger partial charge >= 0.3 is 0 Å². The van der Waals surface area contributed by atoms with Crippen LogP contribution in [0.3, 0.4) is 0 Å². The lowest BCUT2D eigenvalue weighted by molar-refractivity contribution is -0.133. The van der Waals surface area contributed by atoms with E-state index in [0.717, 1.165) is 25.7 Å². The Morgan fingerprint density at radius 2 is 0.833 bits per heavy atom. The fraction of sp³-hybridized carbons (Fsp3) is 0.926. The Kier molecular flexibility index (Phi) is 22.4. The summed E-state index contributed by atoms with van der Waals surface area (Å²) in [7, 11) is 0. The summed E-state index contributed by atoms with van der Waals surface area (Å²) in [5, 5.41) is 0. The molecule has 178 valence electrons. The molecule has 0 bridgehead atoms. The average molecular weight is 424 g/mol. The molecule has 0 aromatic rings. The van der Waals surface area contributed by atoms with Crippen molar-refractivity contribution in [3.05, 3.63) is 0 Å². The first-order valence-electron chi connectivity index (χ1n) is 13.4. The van der Waals surface area contributed by atoms with Crippen molar-refractivity contribution in [2.75, 3.05) is 6.54 Å². The summed E-state index contributed by atoms with van der Waals surface area (Å²) in [6.45, 7) is 4.92. The third kappa shape index (κ3) is 18.1. The van der Waals surface area contributed by atoms with Gasteiger partial charge in [0.2, 0.25) is 0 Å². The topological polar surface area (TPSA) is 60.2 Å². The first-order valence-corrected chi connectivity index (χ1v) is 13.4. The molecule has 30 heavy (non-hydrogen) atoms. The Labute approximate surface area is 188 Å². The molecule has 2 N–H and O–H groups in total. The van der Waals surface area contributed by atoms with E-state index in [0.29, 0.717) is 25.8 Å². The maximum Gasteiger partial charge on any atom is 0.143 e. The normalized spacial score (nSPS) is 11.3. The van der Waals surface area contributed by atoms with Crippen LogP contribution in [0.1, 0.15) is 149 Å². The van der Waals surface area contributed by atoms with Crippen molar-refractivity contribution in [3.8, 4) is 0 Å². The average Bonchev–Trinajstić information content (AvgIpc) is 2.74. The zero-order valence-corrected chi connectivity index (χ0v) is 20.5. The summed E-state index contributed by atoms with van der Waals surface area (Å²) < 4.78 is 0. The van der Waals surface area contributed by atoms with Crippen LogP contribution in [0.25, 0.3) is 0 Å². The summed E-state index contributed by atoms with van der Waals surface area (Å²) in [5.41, 5.74) is 5.69. The zero-order chi connectivity index (χ0) is 22.3. The smallest absolute Gasteiger partial charge is 0.143 e. The summed E-state index contributed by atoms with van der Waals surface area (Å²) in [4.78, 5) is 25.1. The van der Waals surface area contributed by atoms with Crippen LogP contribution >= 0.6 is 0 Å². The van der Waals surface area contributed by atoms with E-state index in [1.807, 2.05) is 0 Å². The standard InChI is InChI=1S/C27H53NO2/c1-3-5-7-9-11-13-15-17-19-21-26(29)25(23-24-28)27(30)22-20-18-16-14-12-10-8-6-4-2/h25H,3-24,28H2,1-2H3. The third-order valence-electron chi connectivity index (χ3n) is 6.29. The highest BCUT2D eigenvalue weighted by Crippen LogP contribution is 2.17. The Morgan fingerprint density at radius 1 is 0.533 bits per heavy atom. The lowest BCUT2D eigenvalue weighted by atomic mass is 9.89. The highest BCUT2D eigenvalue weighted by atomic mass is 16.1. The van der Waals surface area contributed by atoms with Crippen molar-refractivity contribution in [1.82, 2.24) is 0 Å². The molecule has 3 heteroatoms. The van der Waals surface area contributed by atoms with E-state index in [4.69, 9.17) is 5.73 Å². The van der Waals surface area contributed by atoms with Gasteiger partial charge in [0.25, 0.3) is 0 Å². The minimum absolute atomic E-state index is 0.143. The van der Waals surface area contributed by atoms with Crippen molar-refractivity contribution >= 4 is 11.6 Å². The van der Waals surface area contributed by atoms with Gasteiger partial charge in [-0.3, -0.25) is 9.59 Å². The van der Waals surface area contributed by atoms with Crippen LogP contribution in [0.5, 0.6) is 0 Å². The van der Waals surface area contributed by atoms with Gasteiger partial charge in [-0.05, 0) is 25.8 Å². The second-order valence-corrected chi connectivity index (χ2v) is 9.22. The van der Waals surface area contributed by atoms with E-state index >= 15 is 0 Å². The summed E-state index contributed by atoms with van der Waals surface area (Å²) in [6, 6.07) is 0. The predicted molar refractivity (Wildman–Crippen MR) is 131 cm³/mol. The molecule has 0 radical (unpaired) electrons. The maximum atomic E-state index is 12.6. The lowest BCUT2D eigenvalue weighted by Gasteiger charge is -2.14. The molecule has 0 atom stereocenters. The Bertz CT molecular complexity index is 360. The Morgan fingerprint density at radius 3 is 1.13 bits per heavy atom. The molecule has 0 aliphatic heterocycles. The van der Waals surface area contributed by atoms with Gasteiger partial charge in [-0.25, -0.2) is 0 Å². The fourth-order valence-electron chi connectivity index (χ4n) is 4.24. The van der Waals surface area contributed by atoms with Gasteiger partial charge in [0, 0.05) is 12.8 Å². The third-order valence-corrected chi connectivity index (χ3v) is 6.29. The van der Waals surface area contributed by atoms with Crippen LogP contribution in [-0.2, 0) is 9.59 Å². The number of unbranched alkanes of at least 4 members (excludes halogenated alkanes) is 16. The lowest BCUT2D eigenvalue weighted by Crippen LogP contribution is -2.26. The zero-order valence-electron chi connectivity index (χ0n) is 20.5. The molecule has 0 saturated carbocycles. The van der Waals surface area contributed by atoms with Gasteiger partial charge in [0.15, 0.2) is 0 Å². The van der Waals surface area contributed by atoms with Crippen molar-refractivity contribution in [3.63, 3.8) is 0 Å². The summed E-state index contributed by atoms with van der Waals surface area (Å²) in [5.74, 6) is -0.147. The quantitative estimate of drug-likeness (QED) is 0.127. The second kappa shape index (κ2) is 23.0. The molecule has 0 aliphatic carbocycles. The van der Waals surface area contributed by atoms with Crippen LogP contribution in [-0.4, -0.2) is 18.1 Å². The second-order valence-electron chi connectivity index (χ2n) is 9.22. The van der Waals surface area contributed by atoms with Gasteiger partial charge in [0.05, 0.1) is 5.92 Å². The molecule has 0 amide bonds. The monoisotopic (exact) mass is 423 g/mol. The number of rotatable bonds is 24. The molecule has 0 fully saturated rings. The van der Waals surface area contributed by atoms with Crippen molar-refractivity contribution in [2.45, 2.75) is 149 Å². The molecule has 0 aromatic heterocycles. The molecule has 0 aromatic carbocycles. The summed E-state index contributed by atoms with van der Waals surface area (Å²) >= 11 is 0. The van der Waals surface area contributed by atoms with Crippen LogP contribution in [0.2, 0.25) is 0 Å². The van der Waals surface area contributed by atoms with E-state index in [1.165, 1.54) is 89.9 Å². The van der Waals surface area contributed by atoms with E-state index in [2.05, 4.69) is 13.8 Å². The predicted octanol–water partition coefficient (Wildman–Crippen LogP) is 7.93. The molecule has 0 rings (SSSR count). The number of nitrogens with two attached hydrogens (primary N) is 1. The Balaban J connectivity index is 3.83. The van der Waals surface area contributed by atoms with Crippen LogP contribution in [0.15, 0.2) is 0 Å². The van der Waals surface area contributed by atoms with Crippen LogP contribution < -0.4 is 5.73 Å². The molecule has 0 heterocycles. The van der Waals surface area contributed by atoms with Crippen LogP contribution in [0, 0.1) is 5.92 Å². The van der Waals surface area contributed by atoms with Gasteiger partial charge in [0.1, 0.15) is 11.6 Å². The minimum atomic E-state index is -0.432. The van der Waals surface area contributed by atoms with E-state index in [9.17, 15) is 9.59 Å². The van der Waals surface area contributed by atoms with E-state index in [-0.39, 0.29) is 11.6 Å². The van der Waals surface area contributed by atoms with Crippen LogP contribution in [0.4, 0.5) is 0 Å². The van der Waals surface area contributed by atoms with E-state index in [1.54, 1.807) is 0 Å². The molecular formula is C27H53NO2. The SMILES string of the molecule is CCCCCCCCCCCC(=O)C(CCN)C(=O)CCCCCCCCCCC. The number of carbonyl (C=O) groups is 2. The van der Waals surface area contributed by atoms with Gasteiger partial charge in [-0.15, -0.1) is 0 Å². The van der Waals surface area contributed by atoms with Crippen molar-refractivity contribution in [2.24, 2.45) is 11.7 Å². The van der Waals surface area contributed by atoms with Crippen molar-refractivity contribution < 1.29 is 9.59 Å². The number of hydrogen-bond donors (Lipinski definition) is 1. The molecule has 0 saturated heterocycles. The molecule has 0 spiro atoms. The van der Waals surface area contributed by atoms with Crippen molar-refractivity contribution in [1.29, 1.82) is 0 Å². The molecule has 0 unspecified atom stereocenters. The highest BCUT2D eigenvalue weighted by molar-refractivity contribution is 6.02. The fourth-order valence-corrected chi connectivity index (χ4v) is 4.24. The largest absolute Gasteiger partial charge is 0.330 e. The van der Waals surface area contributed by atoms with Gasteiger partial charge < -0.3 is 5.73 Å². The minimum Gasteiger partial charge on any atom is -0.330 e. The summed E-state index contributed by atoms with van der Waals surface area (Å²) in [6.07, 6.45) is 24.1.